The highest BCUT2D eigenvalue weighted by Crippen LogP contribution is 2.34. The van der Waals surface area contributed by atoms with Crippen LogP contribution in [-0.2, 0) is 11.2 Å². The van der Waals surface area contributed by atoms with E-state index in [4.69, 9.17) is 11.6 Å². The molecular formula is C25H30ClN3O2. The van der Waals surface area contributed by atoms with E-state index in [1.54, 1.807) is 12.1 Å². The fraction of sp³-hybridized carbons (Fsp3) is 0.440. The van der Waals surface area contributed by atoms with Crippen molar-refractivity contribution < 1.29 is 9.59 Å². The van der Waals surface area contributed by atoms with Crippen molar-refractivity contribution in [3.63, 3.8) is 0 Å². The van der Waals surface area contributed by atoms with E-state index < -0.39 is 5.66 Å². The Bertz CT molecular complexity index is 939. The molecule has 2 saturated heterocycles. The van der Waals surface area contributed by atoms with Crippen LogP contribution in [0, 0.1) is 5.92 Å². The van der Waals surface area contributed by atoms with Gasteiger partial charge in [-0.2, -0.15) is 0 Å². The highest BCUT2D eigenvalue weighted by molar-refractivity contribution is 6.33. The van der Waals surface area contributed by atoms with Gasteiger partial charge in [0.25, 0.3) is 5.91 Å². The molecule has 4 rings (SSSR count). The molecule has 0 bridgehead atoms. The minimum absolute atomic E-state index is 0.0407. The maximum Gasteiger partial charge on any atom is 0.255 e. The number of benzene rings is 2. The zero-order chi connectivity index (χ0) is 22.0. The third kappa shape index (κ3) is 4.48. The summed E-state index contributed by atoms with van der Waals surface area (Å²) in [5.41, 5.74) is 1.30. The summed E-state index contributed by atoms with van der Waals surface area (Å²) in [6.07, 6.45) is 2.11. The Hall–Kier alpha value is -2.37. The molecule has 2 aromatic carbocycles. The molecule has 164 valence electrons. The normalized spacial score (nSPS) is 20.6. The molecule has 0 radical (unpaired) electrons. The summed E-state index contributed by atoms with van der Waals surface area (Å²) in [7, 11) is 0. The van der Waals surface area contributed by atoms with Crippen molar-refractivity contribution in [3.05, 3.63) is 70.7 Å². The van der Waals surface area contributed by atoms with Gasteiger partial charge in [-0.15, -0.1) is 0 Å². The second-order valence-electron chi connectivity index (χ2n) is 9.03. The van der Waals surface area contributed by atoms with Crippen LogP contribution in [0.15, 0.2) is 54.6 Å². The number of carbonyl (C=O) groups excluding carboxylic acids is 2. The first-order chi connectivity index (χ1) is 14.9. The Kier molecular flexibility index (Phi) is 6.35. The highest BCUT2D eigenvalue weighted by Gasteiger charge is 2.51. The number of rotatable bonds is 5. The summed E-state index contributed by atoms with van der Waals surface area (Å²) in [6, 6.07) is 17.1. The molecule has 0 aromatic heterocycles. The van der Waals surface area contributed by atoms with Crippen LogP contribution in [0.3, 0.4) is 0 Å². The average molecular weight is 440 g/mol. The Morgan fingerprint density at radius 3 is 2.39 bits per heavy atom. The van der Waals surface area contributed by atoms with Gasteiger partial charge in [-0.05, 0) is 30.0 Å². The fourth-order valence-electron chi connectivity index (χ4n) is 4.78. The molecule has 2 aromatic rings. The van der Waals surface area contributed by atoms with Gasteiger partial charge in [-0.1, -0.05) is 67.9 Å². The van der Waals surface area contributed by atoms with Gasteiger partial charge in [0.2, 0.25) is 5.91 Å². The number of carbonyl (C=O) groups is 2. The topological polar surface area (TPSA) is 52.7 Å². The average Bonchev–Trinajstić information content (AvgIpc) is 3.00. The molecule has 31 heavy (non-hydrogen) atoms. The molecule has 2 heterocycles. The summed E-state index contributed by atoms with van der Waals surface area (Å²) >= 11 is 6.24. The van der Waals surface area contributed by atoms with Gasteiger partial charge in [0.1, 0.15) is 0 Å². The lowest BCUT2D eigenvalue weighted by Gasteiger charge is -2.45. The number of nitrogens with one attached hydrogen (secondary N) is 1. The van der Waals surface area contributed by atoms with E-state index in [1.165, 1.54) is 0 Å². The number of amides is 2. The van der Waals surface area contributed by atoms with E-state index in [-0.39, 0.29) is 17.9 Å². The lowest BCUT2D eigenvalue weighted by Crippen LogP contribution is -2.60. The van der Waals surface area contributed by atoms with Gasteiger partial charge < -0.3 is 9.80 Å². The minimum Gasteiger partial charge on any atom is -0.338 e. The molecule has 6 heteroatoms. The van der Waals surface area contributed by atoms with Gasteiger partial charge in [0.15, 0.2) is 0 Å². The Balaban J connectivity index is 1.50. The third-order valence-corrected chi connectivity index (χ3v) is 6.67. The monoisotopic (exact) mass is 439 g/mol. The van der Waals surface area contributed by atoms with Crippen LogP contribution in [0.1, 0.15) is 42.6 Å². The Morgan fingerprint density at radius 2 is 1.74 bits per heavy atom. The van der Waals surface area contributed by atoms with Crippen LogP contribution < -0.4 is 5.32 Å². The van der Waals surface area contributed by atoms with Crippen LogP contribution in [-0.4, -0.2) is 53.0 Å². The van der Waals surface area contributed by atoms with E-state index in [2.05, 4.69) is 31.3 Å². The van der Waals surface area contributed by atoms with Crippen molar-refractivity contribution in [1.82, 2.24) is 15.1 Å². The molecule has 1 N–H and O–H groups in total. The SMILES string of the molecule is CC(C)CN1C(=O)C(Cc2ccccc2)NC12CCN(C(=O)c1ccccc1Cl)CC2. The first-order valence-corrected chi connectivity index (χ1v) is 11.4. The maximum absolute atomic E-state index is 13.4. The lowest BCUT2D eigenvalue weighted by atomic mass is 9.94. The van der Waals surface area contributed by atoms with Crippen molar-refractivity contribution >= 4 is 23.4 Å². The van der Waals surface area contributed by atoms with Gasteiger partial charge >= 0.3 is 0 Å². The number of likely N-dealkylation sites (tertiary alicyclic amines) is 1. The van der Waals surface area contributed by atoms with Crippen molar-refractivity contribution in [2.75, 3.05) is 19.6 Å². The number of nitrogens with zero attached hydrogens (tertiary/aromatic N) is 2. The summed E-state index contributed by atoms with van der Waals surface area (Å²) in [4.78, 5) is 30.3. The maximum atomic E-state index is 13.4. The molecule has 1 spiro atoms. The number of halogens is 1. The predicted molar refractivity (Wildman–Crippen MR) is 123 cm³/mol. The van der Waals surface area contributed by atoms with Crippen molar-refractivity contribution in [3.8, 4) is 0 Å². The molecule has 2 aliphatic rings. The van der Waals surface area contributed by atoms with Crippen molar-refractivity contribution in [1.29, 1.82) is 0 Å². The largest absolute Gasteiger partial charge is 0.338 e. The van der Waals surface area contributed by atoms with Gasteiger partial charge in [0, 0.05) is 32.5 Å². The van der Waals surface area contributed by atoms with E-state index in [1.807, 2.05) is 40.1 Å². The highest BCUT2D eigenvalue weighted by atomic mass is 35.5. The molecule has 0 aliphatic carbocycles. The van der Waals surface area contributed by atoms with Crippen LogP contribution in [0.5, 0.6) is 0 Å². The summed E-state index contributed by atoms with van der Waals surface area (Å²) in [5, 5.41) is 4.16. The standard InChI is InChI=1S/C25H30ClN3O2/c1-18(2)17-29-24(31)22(16-19-8-4-3-5-9-19)27-25(29)12-14-28(15-13-25)23(30)20-10-6-7-11-21(20)26/h3-11,18,22,27H,12-17H2,1-2H3. The quantitative estimate of drug-likeness (QED) is 0.766. The third-order valence-electron chi connectivity index (χ3n) is 6.34. The van der Waals surface area contributed by atoms with Crippen LogP contribution >= 0.6 is 11.6 Å². The summed E-state index contributed by atoms with van der Waals surface area (Å²) in [6.45, 7) is 6.19. The minimum atomic E-state index is -0.391. The molecular weight excluding hydrogens is 410 g/mol. The van der Waals surface area contributed by atoms with Gasteiger partial charge in [-0.25, -0.2) is 0 Å². The second-order valence-corrected chi connectivity index (χ2v) is 9.44. The Morgan fingerprint density at radius 1 is 1.10 bits per heavy atom. The van der Waals surface area contributed by atoms with E-state index in [0.717, 1.165) is 12.1 Å². The fourth-order valence-corrected chi connectivity index (χ4v) is 5.00. The molecule has 1 atom stereocenters. The first-order valence-electron chi connectivity index (χ1n) is 11.1. The summed E-state index contributed by atoms with van der Waals surface area (Å²) in [5.74, 6) is 0.505. The second kappa shape index (κ2) is 9.01. The molecule has 2 amide bonds. The number of hydrogen-bond acceptors (Lipinski definition) is 3. The van der Waals surface area contributed by atoms with Crippen molar-refractivity contribution in [2.45, 2.75) is 44.8 Å². The molecule has 0 saturated carbocycles. The van der Waals surface area contributed by atoms with E-state index in [9.17, 15) is 9.59 Å². The number of hydrogen-bond donors (Lipinski definition) is 1. The lowest BCUT2D eigenvalue weighted by molar-refractivity contribution is -0.134. The first kappa shape index (κ1) is 21.8. The van der Waals surface area contributed by atoms with E-state index in [0.29, 0.717) is 48.9 Å². The van der Waals surface area contributed by atoms with Gasteiger partial charge in [-0.3, -0.25) is 14.9 Å². The molecule has 2 fully saturated rings. The zero-order valence-corrected chi connectivity index (χ0v) is 18.9. The van der Waals surface area contributed by atoms with Crippen molar-refractivity contribution in [2.24, 2.45) is 5.92 Å². The smallest absolute Gasteiger partial charge is 0.255 e. The molecule has 5 nitrogen and oxygen atoms in total. The summed E-state index contributed by atoms with van der Waals surface area (Å²) < 4.78 is 0. The molecule has 1 unspecified atom stereocenters. The van der Waals surface area contributed by atoms with Crippen LogP contribution in [0.2, 0.25) is 5.02 Å². The van der Waals surface area contributed by atoms with Crippen LogP contribution in [0.25, 0.3) is 0 Å². The zero-order valence-electron chi connectivity index (χ0n) is 18.2. The van der Waals surface area contributed by atoms with Crippen LogP contribution in [0.4, 0.5) is 0 Å². The Labute approximate surface area is 189 Å². The predicted octanol–water partition coefficient (Wildman–Crippen LogP) is 3.97. The van der Waals surface area contributed by atoms with Gasteiger partial charge in [0.05, 0.1) is 22.3 Å². The van der Waals surface area contributed by atoms with E-state index >= 15 is 0 Å². The number of piperidine rings is 1. The molecule has 2 aliphatic heterocycles.